The Hall–Kier alpha value is 0.0300. The molecule has 1 aliphatic heterocycles. The van der Waals surface area contributed by atoms with E-state index in [1.165, 1.54) is 0 Å². The van der Waals surface area contributed by atoms with Gasteiger partial charge in [0.2, 0.25) is 0 Å². The van der Waals surface area contributed by atoms with Crippen molar-refractivity contribution < 1.29 is 14.4 Å². The van der Waals surface area contributed by atoms with Gasteiger partial charge in [0.1, 0.15) is 6.29 Å². The Kier molecular flexibility index (Phi) is 6.77. The molecule has 0 aromatic rings. The highest BCUT2D eigenvalue weighted by Crippen LogP contribution is 2.34. The minimum absolute atomic E-state index is 0.123. The first-order valence-electron chi connectivity index (χ1n) is 6.66. The van der Waals surface area contributed by atoms with Crippen LogP contribution in [-0.2, 0) is 4.57 Å². The number of hydrogen-bond acceptors (Lipinski definition) is 4. The predicted molar refractivity (Wildman–Crippen MR) is 72.7 cm³/mol. The third-order valence-corrected chi connectivity index (χ3v) is 4.24. The summed E-state index contributed by atoms with van der Waals surface area (Å²) in [6, 6.07) is 0. The summed E-state index contributed by atoms with van der Waals surface area (Å²) in [4.78, 5) is 24.7. The average Bonchev–Trinajstić information content (AvgIpc) is 2.38. The van der Waals surface area contributed by atoms with Crippen molar-refractivity contribution >= 4 is 7.60 Å². The van der Waals surface area contributed by atoms with Crippen LogP contribution in [0.1, 0.15) is 13.8 Å². The van der Waals surface area contributed by atoms with Gasteiger partial charge in [0.15, 0.2) is 0 Å². The third-order valence-electron chi connectivity index (χ3n) is 3.48. The predicted octanol–water partition coefficient (Wildman–Crippen LogP) is 0.0810. The van der Waals surface area contributed by atoms with Crippen LogP contribution in [0.3, 0.4) is 0 Å². The molecule has 0 aromatic heterocycles. The van der Waals surface area contributed by atoms with E-state index in [1.54, 1.807) is 0 Å². The first-order valence-corrected chi connectivity index (χ1v) is 8.46. The highest BCUT2D eigenvalue weighted by atomic mass is 31.2. The molecular formula is C11H26N3O3P. The summed E-state index contributed by atoms with van der Waals surface area (Å²) in [5.41, 5.74) is 0. The van der Waals surface area contributed by atoms with E-state index in [1.807, 2.05) is 4.90 Å². The second kappa shape index (κ2) is 7.58. The van der Waals surface area contributed by atoms with Crippen molar-refractivity contribution in [2.45, 2.75) is 13.8 Å². The highest BCUT2D eigenvalue weighted by Gasteiger charge is 2.21. The quantitative estimate of drug-likeness (QED) is 0.711. The maximum absolute atomic E-state index is 11.1. The summed E-state index contributed by atoms with van der Waals surface area (Å²) in [6.07, 6.45) is -0.123. The molecule has 0 unspecified atom stereocenters. The van der Waals surface area contributed by atoms with E-state index >= 15 is 0 Å². The molecule has 0 radical (unpaired) electrons. The first kappa shape index (κ1) is 16.1. The lowest BCUT2D eigenvalue weighted by Crippen LogP contribution is -2.36. The summed E-state index contributed by atoms with van der Waals surface area (Å²) in [7, 11) is -3.95. The minimum atomic E-state index is -3.95. The van der Waals surface area contributed by atoms with E-state index in [4.69, 9.17) is 9.79 Å². The fraction of sp³-hybridized carbons (Fsp3) is 1.00. The van der Waals surface area contributed by atoms with Gasteiger partial charge in [-0.15, -0.1) is 0 Å². The van der Waals surface area contributed by atoms with Gasteiger partial charge in [-0.1, -0.05) is 13.8 Å². The lowest BCUT2D eigenvalue weighted by molar-refractivity contribution is 0.232. The second-order valence-electron chi connectivity index (χ2n) is 4.79. The number of rotatable bonds is 4. The Balaban J connectivity index is 2.60. The van der Waals surface area contributed by atoms with Crippen LogP contribution >= 0.6 is 7.60 Å². The summed E-state index contributed by atoms with van der Waals surface area (Å²) < 4.78 is 11.1. The van der Waals surface area contributed by atoms with Gasteiger partial charge in [-0.25, -0.2) is 0 Å². The lowest BCUT2D eigenvalue weighted by Gasteiger charge is -2.25. The number of hydrogen-bond donors (Lipinski definition) is 2. The topological polar surface area (TPSA) is 67.2 Å². The standard InChI is InChI=1S/C11H26N3O3P/c1-3-12-5-6-13(4-2)8-10-14(9-7-12)11-18(15,16)17/h3-11H2,1-2H3,(H2,15,16,17). The zero-order chi connectivity index (χ0) is 13.6. The largest absolute Gasteiger partial charge is 0.339 e. The molecule has 0 aromatic carbocycles. The van der Waals surface area contributed by atoms with E-state index in [0.717, 1.165) is 52.4 Å². The molecule has 0 aliphatic carbocycles. The second-order valence-corrected chi connectivity index (χ2v) is 6.40. The van der Waals surface area contributed by atoms with Crippen molar-refractivity contribution in [3.63, 3.8) is 0 Å². The van der Waals surface area contributed by atoms with Crippen LogP contribution in [0.5, 0.6) is 0 Å². The minimum Gasteiger partial charge on any atom is -0.324 e. The molecular weight excluding hydrogens is 253 g/mol. The molecule has 0 saturated carbocycles. The molecule has 0 atom stereocenters. The van der Waals surface area contributed by atoms with Crippen molar-refractivity contribution in [2.24, 2.45) is 0 Å². The zero-order valence-corrected chi connectivity index (χ0v) is 12.3. The molecule has 7 heteroatoms. The van der Waals surface area contributed by atoms with E-state index in [9.17, 15) is 4.57 Å². The fourth-order valence-electron chi connectivity index (χ4n) is 2.22. The molecule has 18 heavy (non-hydrogen) atoms. The molecule has 0 spiro atoms. The Morgan fingerprint density at radius 3 is 1.44 bits per heavy atom. The molecule has 2 N–H and O–H groups in total. The smallest absolute Gasteiger partial charge is 0.324 e. The third kappa shape index (κ3) is 6.27. The van der Waals surface area contributed by atoms with Gasteiger partial charge in [0.25, 0.3) is 0 Å². The van der Waals surface area contributed by atoms with Crippen LogP contribution in [0.4, 0.5) is 0 Å². The molecule has 1 aliphatic rings. The van der Waals surface area contributed by atoms with E-state index in [2.05, 4.69) is 23.6 Å². The zero-order valence-electron chi connectivity index (χ0n) is 11.5. The van der Waals surface area contributed by atoms with Gasteiger partial charge in [-0.3, -0.25) is 9.46 Å². The lowest BCUT2D eigenvalue weighted by atomic mass is 10.4. The van der Waals surface area contributed by atoms with Crippen molar-refractivity contribution in [2.75, 3.05) is 58.6 Å². The van der Waals surface area contributed by atoms with Crippen LogP contribution < -0.4 is 0 Å². The average molecular weight is 279 g/mol. The number of nitrogens with zero attached hydrogens (tertiary/aromatic N) is 3. The highest BCUT2D eigenvalue weighted by molar-refractivity contribution is 7.51. The van der Waals surface area contributed by atoms with Gasteiger partial charge in [0, 0.05) is 39.3 Å². The maximum atomic E-state index is 11.1. The van der Waals surface area contributed by atoms with Crippen LogP contribution in [-0.4, -0.2) is 83.1 Å². The van der Waals surface area contributed by atoms with Crippen LogP contribution in [0, 0.1) is 0 Å². The maximum Gasteiger partial charge on any atom is 0.339 e. The normalized spacial score (nSPS) is 22.4. The Labute approximate surface area is 110 Å². The molecule has 1 saturated heterocycles. The molecule has 1 fully saturated rings. The molecule has 1 rings (SSSR count). The van der Waals surface area contributed by atoms with E-state index < -0.39 is 7.60 Å². The van der Waals surface area contributed by atoms with Crippen LogP contribution in [0.15, 0.2) is 0 Å². The van der Waals surface area contributed by atoms with Gasteiger partial charge in [-0.2, -0.15) is 0 Å². The molecule has 108 valence electrons. The summed E-state index contributed by atoms with van der Waals surface area (Å²) >= 11 is 0. The molecule has 1 heterocycles. The van der Waals surface area contributed by atoms with E-state index in [0.29, 0.717) is 0 Å². The summed E-state index contributed by atoms with van der Waals surface area (Å²) in [5, 5.41) is 0. The van der Waals surface area contributed by atoms with Crippen molar-refractivity contribution in [1.29, 1.82) is 0 Å². The monoisotopic (exact) mass is 279 g/mol. The van der Waals surface area contributed by atoms with Gasteiger partial charge >= 0.3 is 7.60 Å². The Morgan fingerprint density at radius 2 is 1.17 bits per heavy atom. The fourth-order valence-corrected chi connectivity index (χ4v) is 3.02. The van der Waals surface area contributed by atoms with Crippen molar-refractivity contribution in [1.82, 2.24) is 14.7 Å². The van der Waals surface area contributed by atoms with Crippen molar-refractivity contribution in [3.8, 4) is 0 Å². The Morgan fingerprint density at radius 1 is 0.833 bits per heavy atom. The summed E-state index contributed by atoms with van der Waals surface area (Å²) in [6.45, 7) is 11.5. The SMILES string of the molecule is CCN1CCN(CC)CCN(CP(=O)(O)O)CC1. The van der Waals surface area contributed by atoms with Crippen molar-refractivity contribution in [3.05, 3.63) is 0 Å². The molecule has 6 nitrogen and oxygen atoms in total. The first-order chi connectivity index (χ1) is 8.44. The molecule has 0 bridgehead atoms. The molecule has 0 amide bonds. The van der Waals surface area contributed by atoms with Crippen LogP contribution in [0.25, 0.3) is 0 Å². The van der Waals surface area contributed by atoms with E-state index in [-0.39, 0.29) is 6.29 Å². The van der Waals surface area contributed by atoms with Gasteiger partial charge in [-0.05, 0) is 13.1 Å². The summed E-state index contributed by atoms with van der Waals surface area (Å²) in [5.74, 6) is 0. The van der Waals surface area contributed by atoms with Crippen LogP contribution in [0.2, 0.25) is 0 Å². The number of likely N-dealkylation sites (N-methyl/N-ethyl adjacent to an activating group) is 2. The Bertz CT molecular complexity index is 269. The van der Waals surface area contributed by atoms with Gasteiger partial charge in [0.05, 0.1) is 0 Å². The van der Waals surface area contributed by atoms with Gasteiger partial charge < -0.3 is 19.6 Å².